The van der Waals surface area contributed by atoms with Gasteiger partial charge in [-0.2, -0.15) is 0 Å². The molecular formula is C28H31FN2O2. The average Bonchev–Trinajstić information content (AvgIpc) is 3.22. The number of oxazole rings is 1. The Hall–Kier alpha value is -3.18. The smallest absolute Gasteiger partial charge is 0.231 e. The van der Waals surface area contributed by atoms with Crippen LogP contribution in [0.25, 0.3) is 22.6 Å². The van der Waals surface area contributed by atoms with E-state index in [1.165, 1.54) is 6.07 Å². The van der Waals surface area contributed by atoms with Crippen molar-refractivity contribution in [2.45, 2.75) is 46.8 Å². The first-order valence-electron chi connectivity index (χ1n) is 11.5. The van der Waals surface area contributed by atoms with Crippen molar-refractivity contribution in [2.24, 2.45) is 5.41 Å². The maximum absolute atomic E-state index is 14.2. The summed E-state index contributed by atoms with van der Waals surface area (Å²) >= 11 is 0. The van der Waals surface area contributed by atoms with Crippen LogP contribution >= 0.6 is 0 Å². The lowest BCUT2D eigenvalue weighted by molar-refractivity contribution is 0.296. The van der Waals surface area contributed by atoms with Crippen molar-refractivity contribution in [3.05, 3.63) is 83.7 Å². The zero-order valence-corrected chi connectivity index (χ0v) is 19.5. The second kappa shape index (κ2) is 10.2. The first-order chi connectivity index (χ1) is 15.9. The molecular weight excluding hydrogens is 415 g/mol. The van der Waals surface area contributed by atoms with Gasteiger partial charge in [0.15, 0.2) is 5.58 Å². The van der Waals surface area contributed by atoms with Gasteiger partial charge < -0.3 is 14.5 Å². The highest BCUT2D eigenvalue weighted by atomic mass is 19.1. The van der Waals surface area contributed by atoms with Crippen molar-refractivity contribution >= 4 is 11.1 Å². The van der Waals surface area contributed by atoms with E-state index in [0.717, 1.165) is 41.6 Å². The SMILES string of the molecule is CC(C)(C)CCCNCc1cccc(-c2nc3ccccc3o2)c1OCc1ccccc1F. The van der Waals surface area contributed by atoms with E-state index >= 15 is 0 Å². The molecule has 4 aromatic rings. The molecule has 172 valence electrons. The van der Waals surface area contributed by atoms with E-state index in [9.17, 15) is 4.39 Å². The Morgan fingerprint density at radius 1 is 0.939 bits per heavy atom. The van der Waals surface area contributed by atoms with Crippen LogP contribution in [0.1, 0.15) is 44.7 Å². The fourth-order valence-electron chi connectivity index (χ4n) is 3.78. The van der Waals surface area contributed by atoms with Gasteiger partial charge in [0.1, 0.15) is 23.7 Å². The van der Waals surface area contributed by atoms with Crippen LogP contribution in [0, 0.1) is 11.2 Å². The third-order valence-corrected chi connectivity index (χ3v) is 5.55. The summed E-state index contributed by atoms with van der Waals surface area (Å²) in [6.07, 6.45) is 2.25. The Kier molecular flexibility index (Phi) is 7.09. The van der Waals surface area contributed by atoms with E-state index in [1.54, 1.807) is 12.1 Å². The Morgan fingerprint density at radius 3 is 2.48 bits per heavy atom. The second-order valence-electron chi connectivity index (χ2n) is 9.50. The third-order valence-electron chi connectivity index (χ3n) is 5.55. The Morgan fingerprint density at radius 2 is 1.70 bits per heavy atom. The number of halogens is 1. The molecule has 1 heterocycles. The molecule has 3 aromatic carbocycles. The number of hydrogen-bond donors (Lipinski definition) is 1. The topological polar surface area (TPSA) is 47.3 Å². The van der Waals surface area contributed by atoms with Crippen molar-refractivity contribution in [1.29, 1.82) is 0 Å². The summed E-state index contributed by atoms with van der Waals surface area (Å²) in [4.78, 5) is 4.65. The quantitative estimate of drug-likeness (QED) is 0.278. The largest absolute Gasteiger partial charge is 0.488 e. The molecule has 0 aliphatic heterocycles. The summed E-state index contributed by atoms with van der Waals surface area (Å²) < 4.78 is 26.5. The van der Waals surface area contributed by atoms with Gasteiger partial charge in [0.05, 0.1) is 5.56 Å². The predicted molar refractivity (Wildman–Crippen MR) is 131 cm³/mol. The van der Waals surface area contributed by atoms with Gasteiger partial charge in [0, 0.05) is 17.7 Å². The van der Waals surface area contributed by atoms with Gasteiger partial charge in [0.25, 0.3) is 0 Å². The van der Waals surface area contributed by atoms with Crippen molar-refractivity contribution in [3.8, 4) is 17.2 Å². The summed E-state index contributed by atoms with van der Waals surface area (Å²) in [5.74, 6) is 0.878. The first-order valence-corrected chi connectivity index (χ1v) is 11.5. The number of hydrogen-bond acceptors (Lipinski definition) is 4. The van der Waals surface area contributed by atoms with E-state index in [2.05, 4.69) is 31.1 Å². The van der Waals surface area contributed by atoms with Crippen LogP contribution in [0.15, 0.2) is 71.1 Å². The number of aromatic nitrogens is 1. The predicted octanol–water partition coefficient (Wildman–Crippen LogP) is 7.13. The molecule has 0 unspecified atom stereocenters. The zero-order valence-electron chi connectivity index (χ0n) is 19.5. The highest BCUT2D eigenvalue weighted by molar-refractivity contribution is 5.77. The molecule has 1 aromatic heterocycles. The lowest BCUT2D eigenvalue weighted by Gasteiger charge is -2.18. The minimum atomic E-state index is -0.279. The minimum Gasteiger partial charge on any atom is -0.488 e. The molecule has 0 amide bonds. The van der Waals surface area contributed by atoms with E-state index in [4.69, 9.17) is 9.15 Å². The molecule has 0 atom stereocenters. The maximum atomic E-state index is 14.2. The van der Waals surface area contributed by atoms with E-state index < -0.39 is 0 Å². The zero-order chi connectivity index (χ0) is 23.3. The number of benzene rings is 3. The monoisotopic (exact) mass is 446 g/mol. The van der Waals surface area contributed by atoms with Crippen LogP contribution in [0.2, 0.25) is 0 Å². The van der Waals surface area contributed by atoms with Gasteiger partial charge in [-0.05, 0) is 49.1 Å². The molecule has 0 aliphatic carbocycles. The van der Waals surface area contributed by atoms with Gasteiger partial charge in [-0.25, -0.2) is 9.37 Å². The number of para-hydroxylation sites is 3. The molecule has 0 aliphatic rings. The molecule has 0 saturated heterocycles. The van der Waals surface area contributed by atoms with Gasteiger partial charge in [0.2, 0.25) is 5.89 Å². The second-order valence-corrected chi connectivity index (χ2v) is 9.50. The van der Waals surface area contributed by atoms with Crippen molar-refractivity contribution in [3.63, 3.8) is 0 Å². The Balaban J connectivity index is 1.59. The highest BCUT2D eigenvalue weighted by Gasteiger charge is 2.18. The fraction of sp³-hybridized carbons (Fsp3) is 0.321. The summed E-state index contributed by atoms with van der Waals surface area (Å²) in [5.41, 5.74) is 4.09. The van der Waals surface area contributed by atoms with Gasteiger partial charge >= 0.3 is 0 Å². The molecule has 4 nitrogen and oxygen atoms in total. The van der Waals surface area contributed by atoms with Crippen molar-refractivity contribution in [1.82, 2.24) is 10.3 Å². The molecule has 4 rings (SSSR count). The molecule has 0 spiro atoms. The summed E-state index contributed by atoms with van der Waals surface area (Å²) in [6, 6.07) is 20.3. The number of nitrogens with zero attached hydrogens (tertiary/aromatic N) is 1. The molecule has 0 radical (unpaired) electrons. The number of nitrogens with one attached hydrogen (secondary N) is 1. The first kappa shape index (κ1) is 23.0. The number of rotatable bonds is 9. The summed E-state index contributed by atoms with van der Waals surface area (Å²) in [7, 11) is 0. The van der Waals surface area contributed by atoms with Gasteiger partial charge in [-0.15, -0.1) is 0 Å². The third kappa shape index (κ3) is 5.99. The normalized spacial score (nSPS) is 11.8. The van der Waals surface area contributed by atoms with Crippen LogP contribution in [-0.4, -0.2) is 11.5 Å². The Bertz CT molecular complexity index is 1180. The van der Waals surface area contributed by atoms with Crippen molar-refractivity contribution < 1.29 is 13.5 Å². The Labute approximate surface area is 194 Å². The van der Waals surface area contributed by atoms with E-state index in [-0.39, 0.29) is 12.4 Å². The van der Waals surface area contributed by atoms with Crippen LogP contribution in [-0.2, 0) is 13.2 Å². The molecule has 0 fully saturated rings. The van der Waals surface area contributed by atoms with E-state index in [1.807, 2.05) is 48.5 Å². The minimum absolute atomic E-state index is 0.126. The van der Waals surface area contributed by atoms with Gasteiger partial charge in [-0.3, -0.25) is 0 Å². The summed E-state index contributed by atoms with van der Waals surface area (Å²) in [5, 5.41) is 3.52. The molecule has 0 saturated carbocycles. The van der Waals surface area contributed by atoms with Crippen LogP contribution in [0.5, 0.6) is 5.75 Å². The average molecular weight is 447 g/mol. The van der Waals surface area contributed by atoms with Crippen molar-refractivity contribution in [2.75, 3.05) is 6.54 Å². The number of ether oxygens (including phenoxy) is 1. The standard InChI is InChI=1S/C28H31FN2O2/c1-28(2,3)16-9-17-30-18-20-11-8-12-22(27-31-24-14-6-7-15-25(24)33-27)26(20)32-19-21-10-4-5-13-23(21)29/h4-8,10-15,30H,9,16-19H2,1-3H3. The molecule has 5 heteroatoms. The summed E-state index contributed by atoms with van der Waals surface area (Å²) in [6.45, 7) is 8.45. The molecule has 1 N–H and O–H groups in total. The lowest BCUT2D eigenvalue weighted by Crippen LogP contribution is -2.18. The van der Waals surface area contributed by atoms with E-state index in [0.29, 0.717) is 29.2 Å². The highest BCUT2D eigenvalue weighted by Crippen LogP contribution is 2.35. The maximum Gasteiger partial charge on any atom is 0.231 e. The molecule has 33 heavy (non-hydrogen) atoms. The number of fused-ring (bicyclic) bond motifs is 1. The van der Waals surface area contributed by atoms with Crippen LogP contribution in [0.3, 0.4) is 0 Å². The van der Waals surface area contributed by atoms with Crippen LogP contribution < -0.4 is 10.1 Å². The van der Waals surface area contributed by atoms with Crippen LogP contribution in [0.4, 0.5) is 4.39 Å². The fourth-order valence-corrected chi connectivity index (χ4v) is 3.78. The molecule has 0 bridgehead atoms. The lowest BCUT2D eigenvalue weighted by atomic mass is 9.91. The van der Waals surface area contributed by atoms with Gasteiger partial charge in [-0.1, -0.05) is 63.2 Å².